The number of rotatable bonds is 8. The van der Waals surface area contributed by atoms with Crippen molar-refractivity contribution in [2.24, 2.45) is 0 Å². The standard InChI is InChI=1S/C21H28OS/c1-5-9-20-16(12-13-23-19(6-2)7-3)14-17-15-18(22-8-4)10-11-21(17)20/h5,9-12,15,19H,1,6-8,13-14H2,2-4H3/b16-12-,20-9+. The first-order valence-electron chi connectivity index (χ1n) is 8.63. The number of fused-ring (bicyclic) bond motifs is 1. The molecule has 0 heterocycles. The zero-order valence-corrected chi connectivity index (χ0v) is 15.4. The Labute approximate surface area is 145 Å². The Balaban J connectivity index is 2.18. The third kappa shape index (κ3) is 4.54. The average molecular weight is 329 g/mol. The number of hydrogen-bond acceptors (Lipinski definition) is 2. The quantitative estimate of drug-likeness (QED) is 0.573. The zero-order valence-electron chi connectivity index (χ0n) is 14.6. The first-order valence-corrected chi connectivity index (χ1v) is 9.68. The molecule has 0 N–H and O–H groups in total. The molecule has 23 heavy (non-hydrogen) atoms. The molecule has 0 bridgehead atoms. The topological polar surface area (TPSA) is 9.23 Å². The van der Waals surface area contributed by atoms with Crippen LogP contribution in [0.4, 0.5) is 0 Å². The molecular formula is C21H28OS. The molecule has 2 heteroatoms. The molecule has 1 aliphatic rings. The summed E-state index contributed by atoms with van der Waals surface area (Å²) >= 11 is 2.06. The molecule has 0 aliphatic heterocycles. The van der Waals surface area contributed by atoms with E-state index >= 15 is 0 Å². The van der Waals surface area contributed by atoms with Gasteiger partial charge in [-0.15, -0.1) is 0 Å². The third-order valence-electron chi connectivity index (χ3n) is 4.26. The van der Waals surface area contributed by atoms with E-state index in [-0.39, 0.29) is 0 Å². The predicted molar refractivity (Wildman–Crippen MR) is 104 cm³/mol. The molecule has 1 aromatic rings. The van der Waals surface area contributed by atoms with E-state index < -0.39 is 0 Å². The minimum Gasteiger partial charge on any atom is -0.494 e. The number of ether oxygens (including phenoxy) is 1. The molecule has 1 nitrogen and oxygen atoms in total. The first-order chi connectivity index (χ1) is 11.2. The lowest BCUT2D eigenvalue weighted by Gasteiger charge is -2.10. The number of benzene rings is 1. The monoisotopic (exact) mass is 328 g/mol. The summed E-state index contributed by atoms with van der Waals surface area (Å²) in [5, 5.41) is 0.770. The SMILES string of the molecule is C=C/C=C1\C(=C/CSC(CC)CC)Cc2cc(OCC)ccc21. The summed E-state index contributed by atoms with van der Waals surface area (Å²) < 4.78 is 5.64. The van der Waals surface area contributed by atoms with Crippen LogP contribution >= 0.6 is 11.8 Å². The van der Waals surface area contributed by atoms with Crippen LogP contribution in [0.3, 0.4) is 0 Å². The highest BCUT2D eigenvalue weighted by molar-refractivity contribution is 8.00. The second kappa shape index (κ2) is 9.02. The summed E-state index contributed by atoms with van der Waals surface area (Å²) in [6.07, 6.45) is 9.93. The van der Waals surface area contributed by atoms with Crippen LogP contribution in [0.2, 0.25) is 0 Å². The van der Waals surface area contributed by atoms with Crippen LogP contribution in [0.15, 0.2) is 48.6 Å². The van der Waals surface area contributed by atoms with E-state index in [1.54, 1.807) is 0 Å². The molecule has 0 saturated heterocycles. The fraction of sp³-hybridized carbons (Fsp3) is 0.429. The van der Waals surface area contributed by atoms with Gasteiger partial charge in [0.15, 0.2) is 0 Å². The highest BCUT2D eigenvalue weighted by Crippen LogP contribution is 2.39. The van der Waals surface area contributed by atoms with Crippen LogP contribution in [-0.2, 0) is 6.42 Å². The lowest BCUT2D eigenvalue weighted by atomic mass is 10.0. The Morgan fingerprint density at radius 2 is 2.04 bits per heavy atom. The van der Waals surface area contributed by atoms with Gasteiger partial charge in [-0.05, 0) is 60.6 Å². The summed E-state index contributed by atoms with van der Waals surface area (Å²) in [4.78, 5) is 0. The van der Waals surface area contributed by atoms with Gasteiger partial charge in [-0.25, -0.2) is 0 Å². The van der Waals surface area contributed by atoms with E-state index in [9.17, 15) is 0 Å². The molecule has 0 spiro atoms. The largest absolute Gasteiger partial charge is 0.494 e. The average Bonchev–Trinajstić information content (AvgIpc) is 2.89. The normalized spacial score (nSPS) is 17.0. The maximum Gasteiger partial charge on any atom is 0.119 e. The van der Waals surface area contributed by atoms with Crippen molar-refractivity contribution < 1.29 is 4.74 Å². The lowest BCUT2D eigenvalue weighted by Crippen LogP contribution is -1.98. The molecule has 0 aromatic heterocycles. The molecule has 0 radical (unpaired) electrons. The van der Waals surface area contributed by atoms with E-state index in [0.29, 0.717) is 6.61 Å². The minimum atomic E-state index is 0.711. The van der Waals surface area contributed by atoms with Crippen molar-refractivity contribution in [3.8, 4) is 5.75 Å². The van der Waals surface area contributed by atoms with Crippen molar-refractivity contribution in [3.05, 3.63) is 59.7 Å². The van der Waals surface area contributed by atoms with Crippen LogP contribution in [0, 0.1) is 0 Å². The van der Waals surface area contributed by atoms with Gasteiger partial charge < -0.3 is 4.74 Å². The molecule has 0 amide bonds. The van der Waals surface area contributed by atoms with E-state index in [4.69, 9.17) is 4.74 Å². The molecule has 1 aromatic carbocycles. The molecule has 124 valence electrons. The molecule has 0 unspecified atom stereocenters. The molecular weight excluding hydrogens is 300 g/mol. The summed E-state index contributed by atoms with van der Waals surface area (Å²) in [6.45, 7) is 11.2. The van der Waals surface area contributed by atoms with E-state index in [0.717, 1.165) is 23.2 Å². The van der Waals surface area contributed by atoms with Gasteiger partial charge in [0.25, 0.3) is 0 Å². The van der Waals surface area contributed by atoms with Crippen molar-refractivity contribution in [1.82, 2.24) is 0 Å². The maximum absolute atomic E-state index is 5.64. The maximum atomic E-state index is 5.64. The Kier molecular flexibility index (Phi) is 7.04. The van der Waals surface area contributed by atoms with Gasteiger partial charge in [-0.2, -0.15) is 11.8 Å². The predicted octanol–water partition coefficient (Wildman–Crippen LogP) is 6.06. The van der Waals surface area contributed by atoms with Gasteiger partial charge >= 0.3 is 0 Å². The van der Waals surface area contributed by atoms with E-state index in [2.05, 4.69) is 62.5 Å². The van der Waals surface area contributed by atoms with E-state index in [1.165, 1.54) is 35.1 Å². The van der Waals surface area contributed by atoms with Crippen molar-refractivity contribution in [1.29, 1.82) is 0 Å². The molecule has 2 rings (SSSR count). The van der Waals surface area contributed by atoms with Crippen LogP contribution in [0.1, 0.15) is 44.7 Å². The fourth-order valence-corrected chi connectivity index (χ4v) is 4.06. The van der Waals surface area contributed by atoms with Crippen LogP contribution in [-0.4, -0.2) is 17.6 Å². The number of allylic oxidation sites excluding steroid dienone is 4. The van der Waals surface area contributed by atoms with Crippen molar-refractivity contribution >= 4 is 17.3 Å². The van der Waals surface area contributed by atoms with Crippen molar-refractivity contribution in [2.75, 3.05) is 12.4 Å². The summed E-state index contributed by atoms with van der Waals surface area (Å²) in [7, 11) is 0. The third-order valence-corrected chi connectivity index (χ3v) is 5.76. The molecule has 0 fully saturated rings. The second-order valence-electron chi connectivity index (χ2n) is 5.75. The van der Waals surface area contributed by atoms with Gasteiger partial charge in [0.1, 0.15) is 5.75 Å². The minimum absolute atomic E-state index is 0.711. The van der Waals surface area contributed by atoms with Gasteiger partial charge in [0.2, 0.25) is 0 Å². The smallest absolute Gasteiger partial charge is 0.119 e. The second-order valence-corrected chi connectivity index (χ2v) is 7.08. The molecule has 0 saturated carbocycles. The van der Waals surface area contributed by atoms with Gasteiger partial charge in [-0.1, -0.05) is 44.7 Å². The lowest BCUT2D eigenvalue weighted by molar-refractivity contribution is 0.340. The first kappa shape index (κ1) is 17.9. The Hall–Kier alpha value is -1.41. The Morgan fingerprint density at radius 1 is 1.26 bits per heavy atom. The van der Waals surface area contributed by atoms with Gasteiger partial charge in [-0.3, -0.25) is 0 Å². The molecule has 1 aliphatic carbocycles. The van der Waals surface area contributed by atoms with Crippen LogP contribution < -0.4 is 4.74 Å². The summed E-state index contributed by atoms with van der Waals surface area (Å²) in [6, 6.07) is 6.44. The van der Waals surface area contributed by atoms with Gasteiger partial charge in [0, 0.05) is 11.0 Å². The van der Waals surface area contributed by atoms with Crippen molar-refractivity contribution in [2.45, 2.75) is 45.3 Å². The van der Waals surface area contributed by atoms with Crippen molar-refractivity contribution in [3.63, 3.8) is 0 Å². The van der Waals surface area contributed by atoms with Crippen LogP contribution in [0.5, 0.6) is 5.75 Å². The number of hydrogen-bond donors (Lipinski definition) is 0. The Bertz CT molecular complexity index is 594. The molecule has 0 atom stereocenters. The van der Waals surface area contributed by atoms with E-state index in [1.807, 2.05) is 13.0 Å². The Morgan fingerprint density at radius 3 is 2.70 bits per heavy atom. The fourth-order valence-electron chi connectivity index (χ4n) is 3.01. The van der Waals surface area contributed by atoms with Crippen LogP contribution in [0.25, 0.3) is 5.57 Å². The number of thioether (sulfide) groups is 1. The summed E-state index contributed by atoms with van der Waals surface area (Å²) in [5.74, 6) is 2.06. The summed E-state index contributed by atoms with van der Waals surface area (Å²) in [5.41, 5.74) is 5.44. The highest BCUT2D eigenvalue weighted by Gasteiger charge is 2.21. The zero-order chi connectivity index (χ0) is 16.7. The highest BCUT2D eigenvalue weighted by atomic mass is 32.2. The van der Waals surface area contributed by atoms with Gasteiger partial charge in [0.05, 0.1) is 6.61 Å².